The number of carbonyl (C=O) groups excluding carboxylic acids is 1. The summed E-state index contributed by atoms with van der Waals surface area (Å²) in [6, 6.07) is 0. The van der Waals surface area contributed by atoms with Crippen molar-refractivity contribution in [1.82, 2.24) is 0 Å². The first-order valence-electron chi connectivity index (χ1n) is 12.4. The molecule has 176 valence electrons. The van der Waals surface area contributed by atoms with Crippen LogP contribution in [0.1, 0.15) is 122 Å². The number of rotatable bonds is 6. The van der Waals surface area contributed by atoms with Crippen LogP contribution in [0.3, 0.4) is 0 Å². The summed E-state index contributed by atoms with van der Waals surface area (Å²) in [5.41, 5.74) is -0.200. The lowest BCUT2D eigenvalue weighted by Gasteiger charge is -2.52. The number of hydrogen-bond acceptors (Lipinski definition) is 2. The molecule has 0 radical (unpaired) electrons. The second-order valence-corrected chi connectivity index (χ2v) is 13.0. The van der Waals surface area contributed by atoms with E-state index >= 15 is 0 Å². The molecule has 1 fully saturated rings. The van der Waals surface area contributed by atoms with E-state index in [1.165, 1.54) is 19.3 Å². The fraction of sp³-hybridized carbons (Fsp3) is 0.893. The molecular weight excluding hydrogens is 368 g/mol. The lowest BCUT2D eigenvalue weighted by atomic mass is 9.58. The molecule has 0 aromatic heterocycles. The molecule has 0 aromatic carbocycles. The average molecular weight is 421 g/mol. The Morgan fingerprint density at radius 1 is 1.00 bits per heavy atom. The maximum atomic E-state index is 13.8. The quantitative estimate of drug-likeness (QED) is 0.317. The highest BCUT2D eigenvalue weighted by atomic mass is 16.6. The fourth-order valence-corrected chi connectivity index (χ4v) is 5.73. The van der Waals surface area contributed by atoms with E-state index in [0.29, 0.717) is 17.8 Å². The van der Waals surface area contributed by atoms with Gasteiger partial charge in [-0.1, -0.05) is 79.4 Å². The van der Waals surface area contributed by atoms with E-state index < -0.39 is 11.0 Å². The zero-order valence-corrected chi connectivity index (χ0v) is 22.4. The molecule has 0 saturated heterocycles. The molecule has 1 saturated carbocycles. The van der Waals surface area contributed by atoms with Gasteiger partial charge in [0, 0.05) is 5.41 Å². The Morgan fingerprint density at radius 3 is 1.83 bits per heavy atom. The van der Waals surface area contributed by atoms with E-state index in [9.17, 15) is 4.79 Å². The van der Waals surface area contributed by atoms with Gasteiger partial charge in [0.15, 0.2) is 0 Å². The van der Waals surface area contributed by atoms with E-state index in [2.05, 4.69) is 89.2 Å². The normalized spacial score (nSPS) is 28.3. The lowest BCUT2D eigenvalue weighted by Crippen LogP contribution is -2.53. The Kier molecular flexibility index (Phi) is 8.88. The molecule has 3 unspecified atom stereocenters. The molecule has 2 heteroatoms. The van der Waals surface area contributed by atoms with E-state index in [1.54, 1.807) is 0 Å². The van der Waals surface area contributed by atoms with Gasteiger partial charge < -0.3 is 4.74 Å². The maximum Gasteiger partial charge on any atom is 0.316 e. The highest BCUT2D eigenvalue weighted by molar-refractivity contribution is 5.80. The van der Waals surface area contributed by atoms with Gasteiger partial charge in [0.05, 0.1) is 5.41 Å². The van der Waals surface area contributed by atoms with Crippen molar-refractivity contribution in [3.8, 4) is 0 Å². The van der Waals surface area contributed by atoms with Gasteiger partial charge in [-0.2, -0.15) is 0 Å². The van der Waals surface area contributed by atoms with E-state index in [1.807, 2.05) is 0 Å². The predicted molar refractivity (Wildman–Crippen MR) is 130 cm³/mol. The molecule has 0 aliphatic heterocycles. The number of carbonyl (C=O) groups is 1. The zero-order chi connectivity index (χ0) is 23.5. The summed E-state index contributed by atoms with van der Waals surface area (Å²) < 4.78 is 6.58. The van der Waals surface area contributed by atoms with Crippen LogP contribution in [0.2, 0.25) is 0 Å². The largest absolute Gasteiger partial charge is 0.458 e. The molecule has 0 heterocycles. The van der Waals surface area contributed by atoms with Crippen molar-refractivity contribution >= 4 is 5.97 Å². The molecule has 0 spiro atoms. The summed E-state index contributed by atoms with van der Waals surface area (Å²) in [4.78, 5) is 13.8. The Bertz CT molecular complexity index is 589. The number of ether oxygens (including phenoxy) is 1. The molecule has 1 aliphatic rings. The van der Waals surface area contributed by atoms with Crippen molar-refractivity contribution in [2.45, 2.75) is 127 Å². The molecule has 3 atom stereocenters. The molecule has 0 N–H and O–H groups in total. The molecule has 30 heavy (non-hydrogen) atoms. The molecule has 0 aromatic rings. The van der Waals surface area contributed by atoms with Crippen molar-refractivity contribution in [1.29, 1.82) is 0 Å². The molecule has 2 nitrogen and oxygen atoms in total. The van der Waals surface area contributed by atoms with Crippen LogP contribution < -0.4 is 0 Å². The first kappa shape index (κ1) is 27.2. The first-order chi connectivity index (χ1) is 13.5. The summed E-state index contributed by atoms with van der Waals surface area (Å²) in [5.74, 6) is 1.84. The highest BCUT2D eigenvalue weighted by Crippen LogP contribution is 2.53. The predicted octanol–water partition coefficient (Wildman–Crippen LogP) is 8.60. The van der Waals surface area contributed by atoms with Gasteiger partial charge in [-0.15, -0.1) is 0 Å². The van der Waals surface area contributed by atoms with Crippen LogP contribution in [0, 0.1) is 34.0 Å². The van der Waals surface area contributed by atoms with Crippen molar-refractivity contribution in [3.05, 3.63) is 11.6 Å². The third-order valence-corrected chi connectivity index (χ3v) is 7.86. The van der Waals surface area contributed by atoms with Gasteiger partial charge in [0.25, 0.3) is 0 Å². The number of esters is 1. The third-order valence-electron chi connectivity index (χ3n) is 7.86. The van der Waals surface area contributed by atoms with Gasteiger partial charge >= 0.3 is 5.97 Å². The molecular formula is C28H52O2. The molecule has 0 bridgehead atoms. The summed E-state index contributed by atoms with van der Waals surface area (Å²) in [6.07, 6.45) is 9.40. The van der Waals surface area contributed by atoms with Gasteiger partial charge in [0.1, 0.15) is 5.60 Å². The van der Waals surface area contributed by atoms with Crippen molar-refractivity contribution in [2.24, 2.45) is 34.0 Å². The Balaban J connectivity index is 3.42. The SMILES string of the molecule is CC(C)=CC(C)(C(=O)OC(C)(C)C1(CC(C)C)CC(C)CCCC(C)C1)C(C)(C)C. The minimum Gasteiger partial charge on any atom is -0.458 e. The van der Waals surface area contributed by atoms with Crippen molar-refractivity contribution in [2.75, 3.05) is 0 Å². The lowest BCUT2D eigenvalue weighted by molar-refractivity contribution is -0.191. The molecule has 1 rings (SSSR count). The highest BCUT2D eigenvalue weighted by Gasteiger charge is 2.52. The van der Waals surface area contributed by atoms with E-state index in [-0.39, 0.29) is 16.8 Å². The molecule has 1 aliphatic carbocycles. The zero-order valence-electron chi connectivity index (χ0n) is 22.4. The van der Waals surface area contributed by atoms with Crippen LogP contribution in [-0.4, -0.2) is 11.6 Å². The van der Waals surface area contributed by atoms with Crippen LogP contribution in [0.15, 0.2) is 11.6 Å². The van der Waals surface area contributed by atoms with Gasteiger partial charge in [-0.25, -0.2) is 0 Å². The van der Waals surface area contributed by atoms with E-state index in [0.717, 1.165) is 24.8 Å². The van der Waals surface area contributed by atoms with Crippen LogP contribution in [-0.2, 0) is 9.53 Å². The number of allylic oxidation sites excluding steroid dienone is 1. The van der Waals surface area contributed by atoms with Gasteiger partial charge in [0.2, 0.25) is 0 Å². The summed E-state index contributed by atoms with van der Waals surface area (Å²) >= 11 is 0. The van der Waals surface area contributed by atoms with Crippen LogP contribution in [0.25, 0.3) is 0 Å². The standard InChI is InChI=1S/C28H52O2/c1-20(2)16-27(12,25(7,8)9)24(29)30-26(10,11)28(17-21(3)4)18-22(5)14-13-15-23(6)19-28/h16,21-23H,13-15,17-19H2,1-12H3. The second kappa shape index (κ2) is 9.78. The third kappa shape index (κ3) is 6.36. The monoisotopic (exact) mass is 420 g/mol. The second-order valence-electron chi connectivity index (χ2n) is 13.0. The van der Waals surface area contributed by atoms with Gasteiger partial charge in [-0.3, -0.25) is 4.79 Å². The maximum absolute atomic E-state index is 13.8. The summed E-state index contributed by atoms with van der Waals surface area (Å²) in [7, 11) is 0. The summed E-state index contributed by atoms with van der Waals surface area (Å²) in [6.45, 7) is 26.4. The van der Waals surface area contributed by atoms with E-state index in [4.69, 9.17) is 4.74 Å². The topological polar surface area (TPSA) is 26.3 Å². The average Bonchev–Trinajstić information content (AvgIpc) is 2.49. The van der Waals surface area contributed by atoms with Crippen LogP contribution in [0.5, 0.6) is 0 Å². The number of hydrogen-bond donors (Lipinski definition) is 0. The van der Waals surface area contributed by atoms with Crippen molar-refractivity contribution in [3.63, 3.8) is 0 Å². The van der Waals surface area contributed by atoms with Crippen molar-refractivity contribution < 1.29 is 9.53 Å². The Morgan fingerprint density at radius 2 is 1.47 bits per heavy atom. The van der Waals surface area contributed by atoms with Gasteiger partial charge in [-0.05, 0) is 77.0 Å². The minimum atomic E-state index is -0.652. The Hall–Kier alpha value is -0.790. The first-order valence-corrected chi connectivity index (χ1v) is 12.4. The Labute approximate surface area is 188 Å². The molecule has 0 amide bonds. The minimum absolute atomic E-state index is 0.0137. The van der Waals surface area contributed by atoms with Crippen LogP contribution >= 0.6 is 0 Å². The summed E-state index contributed by atoms with van der Waals surface area (Å²) in [5, 5.41) is 0. The van der Waals surface area contributed by atoms with Crippen LogP contribution in [0.4, 0.5) is 0 Å². The fourth-order valence-electron chi connectivity index (χ4n) is 5.73. The smallest absolute Gasteiger partial charge is 0.316 e.